The van der Waals surface area contributed by atoms with Gasteiger partial charge in [0.05, 0.1) is 7.11 Å². The van der Waals surface area contributed by atoms with Gasteiger partial charge in [0.2, 0.25) is 0 Å². The lowest BCUT2D eigenvalue weighted by Gasteiger charge is -2.09. The number of hydrogen-bond acceptors (Lipinski definition) is 3. The van der Waals surface area contributed by atoms with Gasteiger partial charge in [-0.2, -0.15) is 0 Å². The summed E-state index contributed by atoms with van der Waals surface area (Å²) in [6.45, 7) is -0.0417. The number of ether oxygens (including phenoxy) is 2. The molecular formula is C22H19NO3. The number of methoxy groups -OCH3 is 1. The zero-order valence-corrected chi connectivity index (χ0v) is 14.5. The fourth-order valence-electron chi connectivity index (χ4n) is 3.22. The first-order valence-corrected chi connectivity index (χ1v) is 8.51. The van der Waals surface area contributed by atoms with Gasteiger partial charge in [-0.3, -0.25) is 4.79 Å². The Balaban J connectivity index is 1.41. The van der Waals surface area contributed by atoms with Gasteiger partial charge < -0.3 is 14.8 Å². The average Bonchev–Trinajstić information content (AvgIpc) is 3.05. The topological polar surface area (TPSA) is 47.6 Å². The minimum absolute atomic E-state index is 0.0417. The molecule has 4 nitrogen and oxygen atoms in total. The molecule has 0 aliphatic heterocycles. The van der Waals surface area contributed by atoms with Crippen LogP contribution in [0.5, 0.6) is 11.5 Å². The molecule has 0 bridgehead atoms. The van der Waals surface area contributed by atoms with Crippen LogP contribution in [0.4, 0.5) is 5.69 Å². The Morgan fingerprint density at radius 1 is 0.923 bits per heavy atom. The summed E-state index contributed by atoms with van der Waals surface area (Å²) >= 11 is 0. The Morgan fingerprint density at radius 2 is 1.65 bits per heavy atom. The molecule has 0 atom stereocenters. The van der Waals surface area contributed by atoms with Crippen LogP contribution in [0.25, 0.3) is 11.1 Å². The molecule has 0 heterocycles. The summed E-state index contributed by atoms with van der Waals surface area (Å²) in [5, 5.41) is 2.91. The van der Waals surface area contributed by atoms with Crippen LogP contribution >= 0.6 is 0 Å². The number of amides is 1. The molecule has 0 aromatic heterocycles. The first-order valence-electron chi connectivity index (χ1n) is 8.51. The zero-order chi connectivity index (χ0) is 17.9. The molecule has 0 radical (unpaired) electrons. The van der Waals surface area contributed by atoms with Gasteiger partial charge in [-0.1, -0.05) is 30.3 Å². The number of anilines is 1. The van der Waals surface area contributed by atoms with Crippen LogP contribution in [0.15, 0.2) is 66.7 Å². The molecule has 0 saturated heterocycles. The molecule has 0 unspecified atom stereocenters. The van der Waals surface area contributed by atoms with E-state index in [1.807, 2.05) is 18.2 Å². The second-order valence-electron chi connectivity index (χ2n) is 6.22. The van der Waals surface area contributed by atoms with Crippen molar-refractivity contribution >= 4 is 11.6 Å². The van der Waals surface area contributed by atoms with Crippen molar-refractivity contribution in [2.24, 2.45) is 0 Å². The predicted octanol–water partition coefficient (Wildman–Crippen LogP) is 4.28. The predicted molar refractivity (Wildman–Crippen MR) is 102 cm³/mol. The minimum atomic E-state index is -0.188. The molecule has 4 rings (SSSR count). The van der Waals surface area contributed by atoms with Crippen molar-refractivity contribution in [3.05, 3.63) is 77.9 Å². The van der Waals surface area contributed by atoms with Crippen molar-refractivity contribution in [3.8, 4) is 22.6 Å². The van der Waals surface area contributed by atoms with Gasteiger partial charge in [-0.15, -0.1) is 0 Å². The molecule has 26 heavy (non-hydrogen) atoms. The quantitative estimate of drug-likeness (QED) is 0.587. The number of carbonyl (C=O) groups excluding carboxylic acids is 1. The molecule has 0 fully saturated rings. The number of nitrogens with one attached hydrogen (secondary N) is 1. The lowest BCUT2D eigenvalue weighted by Crippen LogP contribution is -2.20. The molecule has 4 heteroatoms. The summed E-state index contributed by atoms with van der Waals surface area (Å²) in [6.07, 6.45) is 0.945. The van der Waals surface area contributed by atoms with E-state index in [-0.39, 0.29) is 12.5 Å². The third-order valence-corrected chi connectivity index (χ3v) is 4.51. The van der Waals surface area contributed by atoms with Gasteiger partial charge >= 0.3 is 0 Å². The van der Waals surface area contributed by atoms with Crippen LogP contribution in [0.2, 0.25) is 0 Å². The van der Waals surface area contributed by atoms with Crippen LogP contribution < -0.4 is 14.8 Å². The Bertz CT molecular complexity index is 948. The van der Waals surface area contributed by atoms with E-state index in [4.69, 9.17) is 9.47 Å². The summed E-state index contributed by atoms with van der Waals surface area (Å²) in [6, 6.07) is 21.6. The van der Waals surface area contributed by atoms with E-state index in [0.29, 0.717) is 5.75 Å². The number of fused-ring (bicyclic) bond motifs is 3. The molecule has 1 aliphatic carbocycles. The van der Waals surface area contributed by atoms with E-state index in [0.717, 1.165) is 17.9 Å². The number of hydrogen-bond donors (Lipinski definition) is 1. The molecule has 1 amide bonds. The average molecular weight is 345 g/mol. The van der Waals surface area contributed by atoms with E-state index in [9.17, 15) is 4.79 Å². The lowest BCUT2D eigenvalue weighted by molar-refractivity contribution is -0.118. The molecule has 0 saturated carbocycles. The fraction of sp³-hybridized carbons (Fsp3) is 0.136. The maximum Gasteiger partial charge on any atom is 0.262 e. The monoisotopic (exact) mass is 345 g/mol. The van der Waals surface area contributed by atoms with E-state index >= 15 is 0 Å². The highest BCUT2D eigenvalue weighted by molar-refractivity contribution is 5.93. The summed E-state index contributed by atoms with van der Waals surface area (Å²) in [5.41, 5.74) is 5.83. The summed E-state index contributed by atoms with van der Waals surface area (Å²) < 4.78 is 10.6. The van der Waals surface area contributed by atoms with Gasteiger partial charge in [0.25, 0.3) is 5.91 Å². The Kier molecular flexibility index (Phi) is 4.32. The van der Waals surface area contributed by atoms with E-state index in [1.165, 1.54) is 22.3 Å². The number of benzene rings is 3. The van der Waals surface area contributed by atoms with Crippen molar-refractivity contribution in [2.75, 3.05) is 19.0 Å². The summed E-state index contributed by atoms with van der Waals surface area (Å²) in [4.78, 5) is 12.2. The minimum Gasteiger partial charge on any atom is -0.497 e. The Morgan fingerprint density at radius 3 is 2.46 bits per heavy atom. The smallest absolute Gasteiger partial charge is 0.262 e. The van der Waals surface area contributed by atoms with Crippen molar-refractivity contribution < 1.29 is 14.3 Å². The van der Waals surface area contributed by atoms with E-state index in [1.54, 1.807) is 31.4 Å². The molecule has 1 N–H and O–H groups in total. The third-order valence-electron chi connectivity index (χ3n) is 4.51. The first-order chi connectivity index (χ1) is 12.7. The molecular weight excluding hydrogens is 326 g/mol. The first kappa shape index (κ1) is 16.2. The van der Waals surface area contributed by atoms with Gasteiger partial charge in [-0.05, 0) is 65.1 Å². The van der Waals surface area contributed by atoms with E-state index < -0.39 is 0 Å². The summed E-state index contributed by atoms with van der Waals surface area (Å²) in [7, 11) is 1.61. The SMILES string of the molecule is COc1ccc(OCC(=O)Nc2ccc3c(c2)-c2ccccc2C3)cc1. The Labute approximate surface area is 152 Å². The largest absolute Gasteiger partial charge is 0.497 e. The van der Waals surface area contributed by atoms with Crippen LogP contribution in [0, 0.1) is 0 Å². The molecule has 1 aliphatic rings. The highest BCUT2D eigenvalue weighted by Gasteiger charge is 2.18. The van der Waals surface area contributed by atoms with Gasteiger partial charge in [-0.25, -0.2) is 0 Å². The molecule has 0 spiro atoms. The van der Waals surface area contributed by atoms with Crippen molar-refractivity contribution in [2.45, 2.75) is 6.42 Å². The van der Waals surface area contributed by atoms with Crippen molar-refractivity contribution in [1.82, 2.24) is 0 Å². The normalized spacial score (nSPS) is 11.4. The maximum atomic E-state index is 12.2. The highest BCUT2D eigenvalue weighted by atomic mass is 16.5. The van der Waals surface area contributed by atoms with Crippen LogP contribution in [-0.2, 0) is 11.2 Å². The number of rotatable bonds is 5. The lowest BCUT2D eigenvalue weighted by atomic mass is 10.1. The number of carbonyl (C=O) groups is 1. The third kappa shape index (κ3) is 3.26. The van der Waals surface area contributed by atoms with Crippen molar-refractivity contribution in [3.63, 3.8) is 0 Å². The second kappa shape index (κ2) is 6.92. The standard InChI is InChI=1S/C22H19NO3/c1-25-18-8-10-19(11-9-18)26-14-22(24)23-17-7-6-16-12-15-4-2-3-5-20(15)21(16)13-17/h2-11,13H,12,14H2,1H3,(H,23,24). The van der Waals surface area contributed by atoms with Crippen LogP contribution in [0.1, 0.15) is 11.1 Å². The van der Waals surface area contributed by atoms with Crippen molar-refractivity contribution in [1.29, 1.82) is 0 Å². The highest BCUT2D eigenvalue weighted by Crippen LogP contribution is 2.37. The molecule has 3 aromatic carbocycles. The molecule has 3 aromatic rings. The zero-order valence-electron chi connectivity index (χ0n) is 14.5. The fourth-order valence-corrected chi connectivity index (χ4v) is 3.22. The van der Waals surface area contributed by atoms with E-state index in [2.05, 4.69) is 29.6 Å². The van der Waals surface area contributed by atoms with Crippen LogP contribution in [0.3, 0.4) is 0 Å². The van der Waals surface area contributed by atoms with Gasteiger partial charge in [0.15, 0.2) is 6.61 Å². The van der Waals surface area contributed by atoms with Crippen LogP contribution in [-0.4, -0.2) is 19.6 Å². The van der Waals surface area contributed by atoms with Gasteiger partial charge in [0, 0.05) is 5.69 Å². The molecule has 130 valence electrons. The maximum absolute atomic E-state index is 12.2. The second-order valence-corrected chi connectivity index (χ2v) is 6.22. The Hall–Kier alpha value is -3.27. The van der Waals surface area contributed by atoms with Gasteiger partial charge in [0.1, 0.15) is 11.5 Å². The summed E-state index contributed by atoms with van der Waals surface area (Å²) in [5.74, 6) is 1.19.